The van der Waals surface area contributed by atoms with E-state index in [1.54, 1.807) is 0 Å². The Kier molecular flexibility index (Phi) is 2.69. The Labute approximate surface area is 121 Å². The van der Waals surface area contributed by atoms with Gasteiger partial charge < -0.3 is 5.32 Å². The third-order valence-corrected chi connectivity index (χ3v) is 5.47. The van der Waals surface area contributed by atoms with Crippen LogP contribution >= 0.6 is 0 Å². The average molecular weight is 297 g/mol. The molecule has 4 rings (SSSR count). The molecule has 21 heavy (non-hydrogen) atoms. The van der Waals surface area contributed by atoms with Gasteiger partial charge in [-0.15, -0.1) is 0 Å². The topological polar surface area (TPSA) is 37.8 Å². The van der Waals surface area contributed by atoms with Crippen molar-refractivity contribution in [3.05, 3.63) is 23.8 Å². The van der Waals surface area contributed by atoms with Crippen molar-refractivity contribution >= 4 is 0 Å². The zero-order valence-electron chi connectivity index (χ0n) is 11.7. The smallest absolute Gasteiger partial charge is 0.316 e. The Morgan fingerprint density at radius 2 is 1.76 bits per heavy atom. The molecule has 2 aliphatic carbocycles. The number of nitrogens with one attached hydrogen (secondary N) is 1. The molecule has 114 valence electrons. The molecule has 1 aliphatic heterocycles. The van der Waals surface area contributed by atoms with Crippen LogP contribution in [0.4, 0.5) is 13.2 Å². The molecule has 3 fully saturated rings. The van der Waals surface area contributed by atoms with E-state index >= 15 is 0 Å². The lowest BCUT2D eigenvalue weighted by Gasteiger charge is -2.54. The summed E-state index contributed by atoms with van der Waals surface area (Å²) >= 11 is 0. The molecule has 1 aromatic heterocycles. The zero-order valence-corrected chi connectivity index (χ0v) is 11.7. The molecule has 0 aromatic carbocycles. The SMILES string of the molecule is FC(F)(F)C1(c2cnc(CC3CC4(CNC4)C3)nc2)CC1. The quantitative estimate of drug-likeness (QED) is 0.932. The molecule has 0 bridgehead atoms. The fourth-order valence-electron chi connectivity index (χ4n) is 3.90. The van der Waals surface area contributed by atoms with Crippen LogP contribution in [0.25, 0.3) is 0 Å². The van der Waals surface area contributed by atoms with Crippen molar-refractivity contribution in [2.75, 3.05) is 13.1 Å². The van der Waals surface area contributed by atoms with Gasteiger partial charge in [0.2, 0.25) is 0 Å². The first-order valence-electron chi connectivity index (χ1n) is 7.51. The van der Waals surface area contributed by atoms with Gasteiger partial charge in [-0.3, -0.25) is 0 Å². The second-order valence-corrected chi connectivity index (χ2v) is 7.05. The van der Waals surface area contributed by atoms with Crippen LogP contribution in [0.2, 0.25) is 0 Å². The largest absolute Gasteiger partial charge is 0.398 e. The lowest BCUT2D eigenvalue weighted by atomic mass is 9.58. The summed E-state index contributed by atoms with van der Waals surface area (Å²) < 4.78 is 39.1. The molecular weight excluding hydrogens is 279 g/mol. The van der Waals surface area contributed by atoms with E-state index in [9.17, 15) is 13.2 Å². The van der Waals surface area contributed by atoms with Crippen molar-refractivity contribution in [3.8, 4) is 0 Å². The lowest BCUT2D eigenvalue weighted by Crippen LogP contribution is -2.60. The van der Waals surface area contributed by atoms with Gasteiger partial charge in [-0.25, -0.2) is 9.97 Å². The Hall–Kier alpha value is -1.17. The summed E-state index contributed by atoms with van der Waals surface area (Å²) in [6.07, 6.45) is 2.10. The third-order valence-electron chi connectivity index (χ3n) is 5.47. The maximum Gasteiger partial charge on any atom is 0.398 e. The first-order valence-corrected chi connectivity index (χ1v) is 7.51. The van der Waals surface area contributed by atoms with Crippen LogP contribution in [0.5, 0.6) is 0 Å². The summed E-state index contributed by atoms with van der Waals surface area (Å²) in [6, 6.07) is 0. The van der Waals surface area contributed by atoms with Crippen LogP contribution in [0.3, 0.4) is 0 Å². The van der Waals surface area contributed by atoms with Crippen LogP contribution in [-0.4, -0.2) is 29.2 Å². The highest BCUT2D eigenvalue weighted by Gasteiger charge is 2.64. The Morgan fingerprint density at radius 1 is 1.14 bits per heavy atom. The van der Waals surface area contributed by atoms with E-state index in [1.165, 1.54) is 25.2 Å². The highest BCUT2D eigenvalue weighted by atomic mass is 19.4. The van der Waals surface area contributed by atoms with Gasteiger partial charge in [-0.1, -0.05) is 0 Å². The molecule has 0 radical (unpaired) electrons. The van der Waals surface area contributed by atoms with Gasteiger partial charge in [-0.05, 0) is 37.0 Å². The molecule has 1 N–H and O–H groups in total. The molecular formula is C15H18F3N3. The van der Waals surface area contributed by atoms with Crippen LogP contribution < -0.4 is 5.32 Å². The molecule has 1 spiro atoms. The van der Waals surface area contributed by atoms with Gasteiger partial charge in [0.25, 0.3) is 0 Å². The van der Waals surface area contributed by atoms with E-state index in [2.05, 4.69) is 15.3 Å². The fraction of sp³-hybridized carbons (Fsp3) is 0.733. The van der Waals surface area contributed by atoms with Crippen LogP contribution in [0.1, 0.15) is 37.1 Å². The molecule has 6 heteroatoms. The highest BCUT2D eigenvalue weighted by molar-refractivity contribution is 5.29. The number of hydrogen-bond donors (Lipinski definition) is 1. The average Bonchev–Trinajstić information content (AvgIpc) is 3.12. The second kappa shape index (κ2) is 4.18. The van der Waals surface area contributed by atoms with E-state index in [-0.39, 0.29) is 18.4 Å². The molecule has 3 nitrogen and oxygen atoms in total. The number of hydrogen-bond acceptors (Lipinski definition) is 3. The number of rotatable bonds is 3. The van der Waals surface area contributed by atoms with Gasteiger partial charge in [0.1, 0.15) is 5.82 Å². The summed E-state index contributed by atoms with van der Waals surface area (Å²) in [6.45, 7) is 2.22. The van der Waals surface area contributed by atoms with E-state index in [1.807, 2.05) is 0 Å². The molecule has 1 aromatic rings. The van der Waals surface area contributed by atoms with E-state index in [0.29, 0.717) is 17.2 Å². The number of nitrogens with zero attached hydrogens (tertiary/aromatic N) is 2. The van der Waals surface area contributed by atoms with Gasteiger partial charge in [0, 0.05) is 37.5 Å². The normalized spacial score (nSPS) is 26.2. The number of aromatic nitrogens is 2. The summed E-state index contributed by atoms with van der Waals surface area (Å²) in [5.74, 6) is 1.28. The van der Waals surface area contributed by atoms with E-state index in [4.69, 9.17) is 0 Å². The van der Waals surface area contributed by atoms with E-state index in [0.717, 1.165) is 19.5 Å². The Morgan fingerprint density at radius 3 is 2.19 bits per heavy atom. The zero-order chi connectivity index (χ0) is 14.7. The number of alkyl halides is 3. The van der Waals surface area contributed by atoms with Crippen LogP contribution in [0, 0.1) is 11.3 Å². The van der Waals surface area contributed by atoms with Crippen molar-refractivity contribution in [1.29, 1.82) is 0 Å². The minimum Gasteiger partial charge on any atom is -0.316 e. The maximum absolute atomic E-state index is 13.0. The predicted octanol–water partition coefficient (Wildman–Crippen LogP) is 2.61. The molecule has 2 saturated carbocycles. The standard InChI is InChI=1S/C15H18F3N3/c16-15(17,18)14(1-2-14)11-6-20-12(21-7-11)3-10-4-13(5-10)8-19-9-13/h6-7,10,19H,1-5,8-9H2. The monoisotopic (exact) mass is 297 g/mol. The third kappa shape index (κ3) is 2.06. The van der Waals surface area contributed by atoms with Crippen molar-refractivity contribution in [1.82, 2.24) is 15.3 Å². The van der Waals surface area contributed by atoms with Gasteiger partial charge in [-0.2, -0.15) is 13.2 Å². The van der Waals surface area contributed by atoms with Gasteiger partial charge in [0.15, 0.2) is 0 Å². The maximum atomic E-state index is 13.0. The minimum atomic E-state index is -4.19. The first-order chi connectivity index (χ1) is 9.93. The highest BCUT2D eigenvalue weighted by Crippen LogP contribution is 2.58. The molecule has 2 heterocycles. The minimum absolute atomic E-state index is 0.164. The summed E-state index contributed by atoms with van der Waals surface area (Å²) in [4.78, 5) is 8.37. The van der Waals surface area contributed by atoms with Crippen molar-refractivity contribution in [2.45, 2.75) is 43.7 Å². The van der Waals surface area contributed by atoms with Crippen molar-refractivity contribution < 1.29 is 13.2 Å². The van der Waals surface area contributed by atoms with Gasteiger partial charge in [0.05, 0.1) is 5.41 Å². The summed E-state index contributed by atoms with van der Waals surface area (Å²) in [7, 11) is 0. The first kappa shape index (κ1) is 13.5. The lowest BCUT2D eigenvalue weighted by molar-refractivity contribution is -0.160. The fourth-order valence-corrected chi connectivity index (χ4v) is 3.90. The Bertz CT molecular complexity index is 536. The molecule has 3 aliphatic rings. The summed E-state index contributed by atoms with van der Waals surface area (Å²) in [5.41, 5.74) is -0.921. The molecule has 0 unspecified atom stereocenters. The van der Waals surface area contributed by atoms with Crippen LogP contribution in [-0.2, 0) is 11.8 Å². The Balaban J connectivity index is 1.41. The van der Waals surface area contributed by atoms with Gasteiger partial charge >= 0.3 is 6.18 Å². The van der Waals surface area contributed by atoms with Crippen molar-refractivity contribution in [3.63, 3.8) is 0 Å². The second-order valence-electron chi connectivity index (χ2n) is 7.05. The van der Waals surface area contributed by atoms with Crippen LogP contribution in [0.15, 0.2) is 12.4 Å². The summed E-state index contributed by atoms with van der Waals surface area (Å²) in [5, 5.41) is 3.30. The number of halogens is 3. The molecule has 0 atom stereocenters. The predicted molar refractivity (Wildman–Crippen MR) is 70.7 cm³/mol. The molecule has 1 saturated heterocycles. The van der Waals surface area contributed by atoms with Crippen molar-refractivity contribution in [2.24, 2.45) is 11.3 Å². The molecule has 0 amide bonds. The van der Waals surface area contributed by atoms with E-state index < -0.39 is 11.6 Å².